The summed E-state index contributed by atoms with van der Waals surface area (Å²) in [6.07, 6.45) is 4.18. The Labute approximate surface area is 152 Å². The number of anilines is 1. The van der Waals surface area contributed by atoms with Gasteiger partial charge in [0.1, 0.15) is 13.2 Å². The van der Waals surface area contributed by atoms with Crippen molar-refractivity contribution in [2.75, 3.05) is 17.9 Å². The lowest BCUT2D eigenvalue weighted by Gasteiger charge is -2.20. The Morgan fingerprint density at radius 3 is 2.36 bits per heavy atom. The van der Waals surface area contributed by atoms with Gasteiger partial charge in [-0.25, -0.2) is 8.42 Å². The van der Waals surface area contributed by atoms with E-state index in [0.29, 0.717) is 24.7 Å². The molecule has 1 aliphatic carbocycles. The molecule has 0 atom stereocenters. The minimum atomic E-state index is -3.73. The quantitative estimate of drug-likeness (QED) is 0.881. The third kappa shape index (κ3) is 3.28. The first kappa shape index (κ1) is 16.5. The molecule has 7 heteroatoms. The second-order valence-corrected chi connectivity index (χ2v) is 8.31. The zero-order valence-electron chi connectivity index (χ0n) is 13.5. The minimum Gasteiger partial charge on any atom is -0.486 e. The van der Waals surface area contributed by atoms with Crippen LogP contribution in [0.1, 0.15) is 24.0 Å². The molecule has 0 unspecified atom stereocenters. The van der Waals surface area contributed by atoms with Crippen LogP contribution >= 0.6 is 11.6 Å². The predicted octanol–water partition coefficient (Wildman–Crippen LogP) is 3.79. The van der Waals surface area contributed by atoms with E-state index in [0.717, 1.165) is 31.2 Å². The second kappa shape index (κ2) is 6.42. The van der Waals surface area contributed by atoms with Gasteiger partial charge in [-0.3, -0.25) is 4.72 Å². The fourth-order valence-corrected chi connectivity index (χ4v) is 4.60. The maximum absolute atomic E-state index is 12.8. The number of sulfonamides is 1. The van der Waals surface area contributed by atoms with E-state index >= 15 is 0 Å². The number of hydrogen-bond acceptors (Lipinski definition) is 4. The zero-order chi connectivity index (χ0) is 17.4. The lowest BCUT2D eigenvalue weighted by Crippen LogP contribution is -2.17. The first-order valence-corrected chi connectivity index (χ1v) is 10.1. The smallest absolute Gasteiger partial charge is 0.261 e. The highest BCUT2D eigenvalue weighted by molar-refractivity contribution is 7.92. The van der Waals surface area contributed by atoms with Crippen LogP contribution in [0.15, 0.2) is 35.2 Å². The summed E-state index contributed by atoms with van der Waals surface area (Å²) < 4.78 is 39.0. The lowest BCUT2D eigenvalue weighted by atomic mass is 9.92. The van der Waals surface area contributed by atoms with E-state index in [2.05, 4.69) is 4.72 Å². The van der Waals surface area contributed by atoms with Crippen molar-refractivity contribution in [2.24, 2.45) is 0 Å². The van der Waals surface area contributed by atoms with E-state index in [1.54, 1.807) is 24.3 Å². The molecule has 0 saturated heterocycles. The van der Waals surface area contributed by atoms with Crippen molar-refractivity contribution in [3.05, 3.63) is 46.5 Å². The molecule has 0 amide bonds. The van der Waals surface area contributed by atoms with Crippen molar-refractivity contribution < 1.29 is 17.9 Å². The Kier molecular flexibility index (Phi) is 4.25. The first-order valence-electron chi connectivity index (χ1n) is 8.27. The number of benzene rings is 2. The minimum absolute atomic E-state index is 0.249. The summed E-state index contributed by atoms with van der Waals surface area (Å²) in [6.45, 7) is 0.870. The van der Waals surface area contributed by atoms with Crippen molar-refractivity contribution in [3.8, 4) is 11.5 Å². The molecule has 1 heterocycles. The van der Waals surface area contributed by atoms with Gasteiger partial charge in [-0.2, -0.15) is 0 Å². The number of hydrogen-bond donors (Lipinski definition) is 1. The van der Waals surface area contributed by atoms with E-state index in [1.165, 1.54) is 5.56 Å². The van der Waals surface area contributed by atoms with E-state index in [9.17, 15) is 8.42 Å². The van der Waals surface area contributed by atoms with Gasteiger partial charge in [0.15, 0.2) is 11.5 Å². The average molecular weight is 380 g/mol. The third-order valence-corrected chi connectivity index (χ3v) is 6.18. The van der Waals surface area contributed by atoms with Gasteiger partial charge in [-0.05, 0) is 48.9 Å². The average Bonchev–Trinajstić information content (AvgIpc) is 2.62. The monoisotopic (exact) mass is 379 g/mol. The van der Waals surface area contributed by atoms with E-state index in [4.69, 9.17) is 21.1 Å². The van der Waals surface area contributed by atoms with Crippen LogP contribution in [0, 0.1) is 0 Å². The molecule has 0 aromatic heterocycles. The van der Waals surface area contributed by atoms with Crippen LogP contribution in [0.5, 0.6) is 11.5 Å². The maximum Gasteiger partial charge on any atom is 0.261 e. The number of ether oxygens (including phenoxy) is 2. The van der Waals surface area contributed by atoms with Crippen molar-refractivity contribution in [1.82, 2.24) is 0 Å². The second-order valence-electron chi connectivity index (χ2n) is 6.22. The summed E-state index contributed by atoms with van der Waals surface area (Å²) >= 11 is 6.21. The van der Waals surface area contributed by atoms with Crippen LogP contribution < -0.4 is 14.2 Å². The Morgan fingerprint density at radius 1 is 0.920 bits per heavy atom. The summed E-state index contributed by atoms with van der Waals surface area (Å²) in [7, 11) is -3.73. The summed E-state index contributed by atoms with van der Waals surface area (Å²) in [5.41, 5.74) is 2.63. The highest BCUT2D eigenvalue weighted by Gasteiger charge is 2.21. The molecule has 0 fully saturated rings. The van der Waals surface area contributed by atoms with Gasteiger partial charge in [-0.1, -0.05) is 17.7 Å². The largest absolute Gasteiger partial charge is 0.486 e. The molecular formula is C18H18ClNO4S. The van der Waals surface area contributed by atoms with Crippen LogP contribution in [0.25, 0.3) is 0 Å². The molecule has 4 rings (SSSR count). The van der Waals surface area contributed by atoms with Gasteiger partial charge in [0.05, 0.1) is 15.6 Å². The zero-order valence-corrected chi connectivity index (χ0v) is 15.1. The Morgan fingerprint density at radius 2 is 1.60 bits per heavy atom. The van der Waals surface area contributed by atoms with Crippen molar-refractivity contribution in [3.63, 3.8) is 0 Å². The SMILES string of the molecule is O=S(=O)(Nc1cc2c(cc1Cl)OCCO2)c1ccc2c(c1)CCCC2. The number of nitrogens with one attached hydrogen (secondary N) is 1. The molecule has 2 aromatic carbocycles. The molecule has 0 bridgehead atoms. The topological polar surface area (TPSA) is 64.6 Å². The maximum atomic E-state index is 12.8. The molecule has 5 nitrogen and oxygen atoms in total. The van der Waals surface area contributed by atoms with Gasteiger partial charge in [-0.15, -0.1) is 0 Å². The summed E-state index contributed by atoms with van der Waals surface area (Å²) in [5, 5.41) is 0.269. The first-order chi connectivity index (χ1) is 12.0. The van der Waals surface area contributed by atoms with Gasteiger partial charge >= 0.3 is 0 Å². The molecular weight excluding hydrogens is 362 g/mol. The van der Waals surface area contributed by atoms with Gasteiger partial charge < -0.3 is 9.47 Å². The van der Waals surface area contributed by atoms with E-state index < -0.39 is 10.0 Å². The van der Waals surface area contributed by atoms with Crippen molar-refractivity contribution in [2.45, 2.75) is 30.6 Å². The predicted molar refractivity (Wildman–Crippen MR) is 96.3 cm³/mol. The van der Waals surface area contributed by atoms with Gasteiger partial charge in [0, 0.05) is 12.1 Å². The number of fused-ring (bicyclic) bond motifs is 2. The van der Waals surface area contributed by atoms with Crippen LogP contribution in [0.4, 0.5) is 5.69 Å². The van der Waals surface area contributed by atoms with E-state index in [-0.39, 0.29) is 15.6 Å². The van der Waals surface area contributed by atoms with Crippen LogP contribution in [-0.2, 0) is 22.9 Å². The number of halogens is 1. The normalized spacial score (nSPS) is 16.2. The fraction of sp³-hybridized carbons (Fsp3) is 0.333. The summed E-state index contributed by atoms with van der Waals surface area (Å²) in [4.78, 5) is 0.249. The molecule has 1 N–H and O–H groups in total. The van der Waals surface area contributed by atoms with Crippen molar-refractivity contribution >= 4 is 27.3 Å². The van der Waals surface area contributed by atoms with Crippen LogP contribution in [-0.4, -0.2) is 21.6 Å². The van der Waals surface area contributed by atoms with Crippen LogP contribution in [0.3, 0.4) is 0 Å². The number of rotatable bonds is 3. The highest BCUT2D eigenvalue weighted by atomic mass is 35.5. The Balaban J connectivity index is 1.65. The van der Waals surface area contributed by atoms with Gasteiger partial charge in [0.2, 0.25) is 0 Å². The third-order valence-electron chi connectivity index (χ3n) is 4.51. The molecule has 2 aromatic rings. The van der Waals surface area contributed by atoms with Gasteiger partial charge in [0.25, 0.3) is 10.0 Å². The molecule has 0 saturated carbocycles. The molecule has 25 heavy (non-hydrogen) atoms. The summed E-state index contributed by atoms with van der Waals surface area (Å²) in [6, 6.07) is 8.46. The summed E-state index contributed by atoms with van der Waals surface area (Å²) in [5.74, 6) is 1.01. The lowest BCUT2D eigenvalue weighted by molar-refractivity contribution is 0.171. The molecule has 0 radical (unpaired) electrons. The fourth-order valence-electron chi connectivity index (χ4n) is 3.22. The standard InChI is InChI=1S/C18H18ClNO4S/c19-15-10-17-18(24-8-7-23-17)11-16(15)20-25(21,22)14-6-5-12-3-1-2-4-13(12)9-14/h5-6,9-11,20H,1-4,7-8H2. The molecule has 132 valence electrons. The molecule has 0 spiro atoms. The number of aryl methyl sites for hydroxylation is 2. The molecule has 1 aliphatic heterocycles. The van der Waals surface area contributed by atoms with Crippen molar-refractivity contribution in [1.29, 1.82) is 0 Å². The van der Waals surface area contributed by atoms with Crippen LogP contribution in [0.2, 0.25) is 5.02 Å². The Hall–Kier alpha value is -1.92. The Bertz CT molecular complexity index is 927. The molecule has 2 aliphatic rings. The highest BCUT2D eigenvalue weighted by Crippen LogP contribution is 2.38. The van der Waals surface area contributed by atoms with E-state index in [1.807, 2.05) is 6.07 Å².